The van der Waals surface area contributed by atoms with Crippen LogP contribution in [-0.4, -0.2) is 20.2 Å². The van der Waals surface area contributed by atoms with Crippen LogP contribution in [0.1, 0.15) is 24.0 Å². The predicted octanol–water partition coefficient (Wildman–Crippen LogP) is 4.17. The molecule has 0 atom stereocenters. The second kappa shape index (κ2) is 6.03. The van der Waals surface area contributed by atoms with Gasteiger partial charge >= 0.3 is 0 Å². The van der Waals surface area contributed by atoms with Gasteiger partial charge in [-0.1, -0.05) is 48.5 Å². The average molecular weight is 319 g/mol. The minimum atomic E-state index is 0.658. The van der Waals surface area contributed by atoms with E-state index in [9.17, 15) is 0 Å². The Kier molecular flexibility index (Phi) is 4.12. The number of H-pyrrole nitrogens is 1. The first-order valence-electron chi connectivity index (χ1n) is 6.76. The summed E-state index contributed by atoms with van der Waals surface area (Å²) in [5, 5.41) is 9.65. The fourth-order valence-corrected chi connectivity index (χ4v) is 3.20. The first kappa shape index (κ1) is 14.4. The highest BCUT2D eigenvalue weighted by atomic mass is 35.5. The van der Waals surface area contributed by atoms with Gasteiger partial charge in [-0.2, -0.15) is 0 Å². The second-order valence-corrected chi connectivity index (χ2v) is 6.04. The number of rotatable bonds is 4. The van der Waals surface area contributed by atoms with Crippen LogP contribution in [0.5, 0.6) is 0 Å². The second-order valence-electron chi connectivity index (χ2n) is 4.72. The number of pyridine rings is 1. The smallest absolute Gasteiger partial charge is 0.208 e. The van der Waals surface area contributed by atoms with Crippen molar-refractivity contribution in [3.05, 3.63) is 46.4 Å². The summed E-state index contributed by atoms with van der Waals surface area (Å²) in [6, 6.07) is 8.04. The molecule has 0 radical (unpaired) electrons. The van der Waals surface area contributed by atoms with Gasteiger partial charge < -0.3 is 0 Å². The van der Waals surface area contributed by atoms with Gasteiger partial charge in [-0.3, -0.25) is 10.1 Å². The summed E-state index contributed by atoms with van der Waals surface area (Å²) in [6.45, 7) is 4.07. The Labute approximate surface area is 132 Å². The highest BCUT2D eigenvalue weighted by Gasteiger charge is 2.11. The summed E-state index contributed by atoms with van der Waals surface area (Å²) in [5.74, 6) is 1.55. The maximum atomic E-state index is 6.45. The molecule has 0 aliphatic rings. The van der Waals surface area contributed by atoms with Crippen molar-refractivity contribution < 1.29 is 0 Å². The van der Waals surface area contributed by atoms with Gasteiger partial charge in [0.2, 0.25) is 5.16 Å². The van der Waals surface area contributed by atoms with Crippen LogP contribution in [0.4, 0.5) is 0 Å². The Morgan fingerprint density at radius 1 is 1.24 bits per heavy atom. The summed E-state index contributed by atoms with van der Waals surface area (Å²) in [4.78, 5) is 9.04. The lowest BCUT2D eigenvalue weighted by atomic mass is 10.1. The van der Waals surface area contributed by atoms with Crippen molar-refractivity contribution in [2.45, 2.75) is 31.2 Å². The summed E-state index contributed by atoms with van der Waals surface area (Å²) in [7, 11) is 0. The summed E-state index contributed by atoms with van der Waals surface area (Å²) in [6.07, 6.45) is 0.849. The molecule has 1 N–H and O–H groups in total. The van der Waals surface area contributed by atoms with Crippen LogP contribution in [0, 0.1) is 6.92 Å². The number of hydrogen-bond donors (Lipinski definition) is 1. The van der Waals surface area contributed by atoms with Crippen LogP contribution < -0.4 is 0 Å². The molecule has 4 nitrogen and oxygen atoms in total. The molecule has 0 saturated heterocycles. The average Bonchev–Trinajstić information content (AvgIpc) is 2.97. The van der Waals surface area contributed by atoms with Crippen LogP contribution >= 0.6 is 23.4 Å². The third kappa shape index (κ3) is 2.89. The minimum absolute atomic E-state index is 0.658. The number of hydrogen-bond acceptors (Lipinski definition) is 4. The maximum absolute atomic E-state index is 6.45. The van der Waals surface area contributed by atoms with Crippen LogP contribution in [0.15, 0.2) is 29.4 Å². The van der Waals surface area contributed by atoms with Crippen molar-refractivity contribution in [2.24, 2.45) is 0 Å². The zero-order chi connectivity index (χ0) is 14.8. The zero-order valence-corrected chi connectivity index (χ0v) is 13.4. The monoisotopic (exact) mass is 318 g/mol. The SMILES string of the molecule is CCc1nc(SCc2nc3ccccc3c(C)c2Cl)n[nH]1. The van der Waals surface area contributed by atoms with Gasteiger partial charge in [-0.05, 0) is 18.6 Å². The lowest BCUT2D eigenvalue weighted by Crippen LogP contribution is -1.94. The third-order valence-corrected chi connectivity index (χ3v) is 4.69. The zero-order valence-electron chi connectivity index (χ0n) is 11.9. The third-order valence-electron chi connectivity index (χ3n) is 3.33. The Morgan fingerprint density at radius 3 is 2.81 bits per heavy atom. The number of aromatic nitrogens is 4. The van der Waals surface area contributed by atoms with E-state index in [1.54, 1.807) is 11.8 Å². The Hall–Kier alpha value is -1.59. The highest BCUT2D eigenvalue weighted by Crippen LogP contribution is 2.30. The standard InChI is InChI=1S/C15H15ClN4S/c1-3-13-18-15(20-19-13)21-8-12-14(16)9(2)10-6-4-5-7-11(10)17-12/h4-7H,3,8H2,1-2H3,(H,18,19,20). The number of para-hydroxylation sites is 1. The topological polar surface area (TPSA) is 54.5 Å². The molecule has 108 valence electrons. The van der Waals surface area contributed by atoms with E-state index >= 15 is 0 Å². The van der Waals surface area contributed by atoms with Gasteiger partial charge in [0, 0.05) is 17.6 Å². The number of nitrogens with zero attached hydrogens (tertiary/aromatic N) is 3. The number of aryl methyl sites for hydroxylation is 2. The van der Waals surface area contributed by atoms with E-state index < -0.39 is 0 Å². The van der Waals surface area contributed by atoms with Gasteiger partial charge in [-0.15, -0.1) is 5.10 Å². The molecular formula is C15H15ClN4S. The fraction of sp³-hybridized carbons (Fsp3) is 0.267. The molecule has 0 bridgehead atoms. The van der Waals surface area contributed by atoms with Crippen molar-refractivity contribution in [1.82, 2.24) is 20.2 Å². The van der Waals surface area contributed by atoms with Crippen molar-refractivity contribution in [3.63, 3.8) is 0 Å². The van der Waals surface area contributed by atoms with Crippen molar-refractivity contribution in [1.29, 1.82) is 0 Å². The number of thioether (sulfide) groups is 1. The molecule has 0 unspecified atom stereocenters. The Bertz CT molecular complexity index is 784. The van der Waals surface area contributed by atoms with Gasteiger partial charge in [0.1, 0.15) is 5.82 Å². The van der Waals surface area contributed by atoms with Crippen LogP contribution in [0.25, 0.3) is 10.9 Å². The number of halogens is 1. The van der Waals surface area contributed by atoms with Gasteiger partial charge in [0.05, 0.1) is 16.2 Å². The molecule has 0 aliphatic heterocycles. The van der Waals surface area contributed by atoms with Crippen LogP contribution in [-0.2, 0) is 12.2 Å². The molecule has 0 fully saturated rings. The minimum Gasteiger partial charge on any atom is -0.262 e. The summed E-state index contributed by atoms with van der Waals surface area (Å²) < 4.78 is 0. The molecule has 0 amide bonds. The van der Waals surface area contributed by atoms with Crippen molar-refractivity contribution in [3.8, 4) is 0 Å². The maximum Gasteiger partial charge on any atom is 0.208 e. The van der Waals surface area contributed by atoms with Crippen molar-refractivity contribution >= 4 is 34.3 Å². The van der Waals surface area contributed by atoms with E-state index in [0.29, 0.717) is 5.75 Å². The molecule has 2 heterocycles. The lowest BCUT2D eigenvalue weighted by Gasteiger charge is -2.09. The van der Waals surface area contributed by atoms with E-state index in [2.05, 4.69) is 20.2 Å². The normalized spacial score (nSPS) is 11.2. The predicted molar refractivity (Wildman–Crippen MR) is 86.8 cm³/mol. The fourth-order valence-electron chi connectivity index (χ4n) is 2.15. The van der Waals surface area contributed by atoms with Crippen molar-refractivity contribution in [2.75, 3.05) is 0 Å². The first-order chi connectivity index (χ1) is 10.2. The molecule has 2 aromatic heterocycles. The number of aromatic amines is 1. The van der Waals surface area contributed by atoms with Gasteiger partial charge in [0.15, 0.2) is 0 Å². The molecule has 3 aromatic rings. The lowest BCUT2D eigenvalue weighted by molar-refractivity contribution is 0.941. The quantitative estimate of drug-likeness (QED) is 0.733. The number of benzene rings is 1. The number of nitrogens with one attached hydrogen (secondary N) is 1. The molecule has 21 heavy (non-hydrogen) atoms. The van der Waals surface area contributed by atoms with Crippen LogP contribution in [0.3, 0.4) is 0 Å². The Morgan fingerprint density at radius 2 is 2.05 bits per heavy atom. The Balaban J connectivity index is 1.88. The van der Waals surface area contributed by atoms with E-state index in [-0.39, 0.29) is 0 Å². The summed E-state index contributed by atoms with van der Waals surface area (Å²) >= 11 is 7.99. The molecule has 0 spiro atoms. The van der Waals surface area contributed by atoms with E-state index in [1.165, 1.54) is 0 Å². The van der Waals surface area contributed by atoms with Gasteiger partial charge in [0.25, 0.3) is 0 Å². The first-order valence-corrected chi connectivity index (χ1v) is 8.13. The largest absolute Gasteiger partial charge is 0.262 e. The number of fused-ring (bicyclic) bond motifs is 1. The van der Waals surface area contributed by atoms with Crippen LogP contribution in [0.2, 0.25) is 5.02 Å². The molecule has 0 saturated carbocycles. The van der Waals surface area contributed by atoms with E-state index in [4.69, 9.17) is 11.6 Å². The molecule has 3 rings (SSSR count). The molecular weight excluding hydrogens is 304 g/mol. The molecule has 1 aromatic carbocycles. The van der Waals surface area contributed by atoms with E-state index in [1.807, 2.05) is 38.1 Å². The van der Waals surface area contributed by atoms with E-state index in [0.717, 1.165) is 44.6 Å². The highest BCUT2D eigenvalue weighted by molar-refractivity contribution is 7.98. The molecule has 0 aliphatic carbocycles. The summed E-state index contributed by atoms with van der Waals surface area (Å²) in [5.41, 5.74) is 2.92. The molecule has 6 heteroatoms. The van der Waals surface area contributed by atoms with Gasteiger partial charge in [-0.25, -0.2) is 4.98 Å².